The van der Waals surface area contributed by atoms with E-state index in [1.165, 1.54) is 18.0 Å². The van der Waals surface area contributed by atoms with Gasteiger partial charge in [-0.2, -0.15) is 5.10 Å². The van der Waals surface area contributed by atoms with Gasteiger partial charge in [-0.25, -0.2) is 4.98 Å². The van der Waals surface area contributed by atoms with E-state index in [9.17, 15) is 9.59 Å². The van der Waals surface area contributed by atoms with E-state index < -0.39 is 0 Å². The van der Waals surface area contributed by atoms with Crippen molar-refractivity contribution in [3.63, 3.8) is 0 Å². The molecule has 0 unspecified atom stereocenters. The van der Waals surface area contributed by atoms with Gasteiger partial charge < -0.3 is 5.32 Å². The second-order valence-corrected chi connectivity index (χ2v) is 7.82. The first kappa shape index (κ1) is 20.2. The number of thioether (sulfide) groups is 1. The molecule has 0 radical (unpaired) electrons. The highest BCUT2D eigenvalue weighted by Gasteiger charge is 2.17. The second kappa shape index (κ2) is 8.73. The first-order chi connectivity index (χ1) is 14.6. The first-order valence-electron chi connectivity index (χ1n) is 9.30. The Bertz CT molecular complexity index is 1280. The lowest BCUT2D eigenvalue weighted by atomic mass is 10.1. The van der Waals surface area contributed by atoms with Crippen LogP contribution in [0.5, 0.6) is 0 Å². The van der Waals surface area contributed by atoms with E-state index in [1.54, 1.807) is 28.8 Å². The number of halogens is 1. The Morgan fingerprint density at radius 1 is 1.20 bits per heavy atom. The SMILES string of the molecule is CCc1ccccc1-n1c(SCC(=O)Nc2ccccc2Cl)nc2[nH]ncc2c1=O. The van der Waals surface area contributed by atoms with Gasteiger partial charge in [-0.1, -0.05) is 60.6 Å². The molecule has 0 saturated carbocycles. The van der Waals surface area contributed by atoms with Crippen molar-refractivity contribution in [3.05, 3.63) is 75.7 Å². The fourth-order valence-electron chi connectivity index (χ4n) is 3.09. The summed E-state index contributed by atoms with van der Waals surface area (Å²) in [5.74, 6) is -0.187. The lowest BCUT2D eigenvalue weighted by Crippen LogP contribution is -2.23. The van der Waals surface area contributed by atoms with Crippen molar-refractivity contribution in [3.8, 4) is 5.69 Å². The van der Waals surface area contributed by atoms with Crippen LogP contribution in [0.1, 0.15) is 12.5 Å². The normalized spacial score (nSPS) is 11.0. The van der Waals surface area contributed by atoms with Crippen molar-refractivity contribution in [1.82, 2.24) is 19.7 Å². The number of carbonyl (C=O) groups excluding carboxylic acids is 1. The standard InChI is InChI=1S/C21H18ClN5O2S/c1-2-13-7-3-6-10-17(13)27-20(29)14-11-23-26-19(14)25-21(27)30-12-18(28)24-16-9-5-4-8-15(16)22/h3-11H,2,12H2,1H3,(H,23,26)(H,24,28). The lowest BCUT2D eigenvalue weighted by molar-refractivity contribution is -0.113. The van der Waals surface area contributed by atoms with Gasteiger partial charge in [-0.05, 0) is 30.2 Å². The third-order valence-electron chi connectivity index (χ3n) is 4.55. The number of nitrogens with one attached hydrogen (secondary N) is 2. The summed E-state index contributed by atoms with van der Waals surface area (Å²) >= 11 is 7.28. The zero-order chi connectivity index (χ0) is 21.1. The van der Waals surface area contributed by atoms with Crippen LogP contribution in [0.25, 0.3) is 16.7 Å². The van der Waals surface area contributed by atoms with Crippen molar-refractivity contribution >= 4 is 46.0 Å². The zero-order valence-electron chi connectivity index (χ0n) is 16.1. The number of anilines is 1. The number of hydrogen-bond donors (Lipinski definition) is 2. The fourth-order valence-corrected chi connectivity index (χ4v) is 4.07. The largest absolute Gasteiger partial charge is 0.324 e. The minimum Gasteiger partial charge on any atom is -0.324 e. The van der Waals surface area contributed by atoms with Crippen molar-refractivity contribution < 1.29 is 4.79 Å². The molecule has 30 heavy (non-hydrogen) atoms. The lowest BCUT2D eigenvalue weighted by Gasteiger charge is -2.15. The van der Waals surface area contributed by atoms with Crippen molar-refractivity contribution in [2.24, 2.45) is 0 Å². The van der Waals surface area contributed by atoms with Crippen LogP contribution in [0, 0.1) is 0 Å². The maximum Gasteiger partial charge on any atom is 0.269 e. The number of carbonyl (C=O) groups is 1. The smallest absolute Gasteiger partial charge is 0.269 e. The van der Waals surface area contributed by atoms with Gasteiger partial charge in [-0.15, -0.1) is 0 Å². The summed E-state index contributed by atoms with van der Waals surface area (Å²) < 4.78 is 1.55. The molecular weight excluding hydrogens is 422 g/mol. The molecule has 4 rings (SSSR count). The molecule has 1 amide bonds. The number of fused-ring (bicyclic) bond motifs is 1. The van der Waals surface area contributed by atoms with Gasteiger partial charge in [0.05, 0.1) is 28.3 Å². The van der Waals surface area contributed by atoms with E-state index in [1.807, 2.05) is 31.2 Å². The molecule has 0 aliphatic rings. The molecule has 0 aliphatic heterocycles. The topological polar surface area (TPSA) is 92.7 Å². The van der Waals surface area contributed by atoms with Crippen LogP contribution >= 0.6 is 23.4 Å². The minimum absolute atomic E-state index is 0.0611. The Labute approximate surface area is 181 Å². The van der Waals surface area contributed by atoms with Crippen molar-refractivity contribution in [2.45, 2.75) is 18.5 Å². The maximum atomic E-state index is 13.2. The average molecular weight is 440 g/mol. The molecule has 0 fully saturated rings. The monoisotopic (exact) mass is 439 g/mol. The van der Waals surface area contributed by atoms with Crippen LogP contribution < -0.4 is 10.9 Å². The summed E-state index contributed by atoms with van der Waals surface area (Å²) in [4.78, 5) is 30.2. The molecule has 0 spiro atoms. The third-order valence-corrected chi connectivity index (χ3v) is 5.81. The molecule has 2 N–H and O–H groups in total. The number of aromatic nitrogens is 4. The number of para-hydroxylation sites is 2. The van der Waals surface area contributed by atoms with E-state index in [0.29, 0.717) is 26.9 Å². The van der Waals surface area contributed by atoms with Gasteiger partial charge >= 0.3 is 0 Å². The Morgan fingerprint density at radius 2 is 1.97 bits per heavy atom. The number of benzene rings is 2. The molecule has 9 heteroatoms. The summed E-state index contributed by atoms with van der Waals surface area (Å²) in [6.07, 6.45) is 2.22. The maximum absolute atomic E-state index is 13.2. The van der Waals surface area contributed by atoms with Gasteiger partial charge in [0.1, 0.15) is 5.39 Å². The molecule has 152 valence electrons. The summed E-state index contributed by atoms with van der Waals surface area (Å²) in [6.45, 7) is 2.03. The number of H-pyrrole nitrogens is 1. The number of hydrogen-bond acceptors (Lipinski definition) is 5. The quantitative estimate of drug-likeness (QED) is 0.349. The highest BCUT2D eigenvalue weighted by atomic mass is 35.5. The molecular formula is C21H18ClN5O2S. The van der Waals surface area contributed by atoms with Crippen LogP contribution in [-0.2, 0) is 11.2 Å². The van der Waals surface area contributed by atoms with Gasteiger partial charge in [0.15, 0.2) is 10.8 Å². The van der Waals surface area contributed by atoms with Crippen LogP contribution in [0.3, 0.4) is 0 Å². The van der Waals surface area contributed by atoms with E-state index in [-0.39, 0.29) is 17.2 Å². The number of aromatic amines is 1. The van der Waals surface area contributed by atoms with E-state index in [2.05, 4.69) is 20.5 Å². The van der Waals surface area contributed by atoms with Crippen molar-refractivity contribution in [1.29, 1.82) is 0 Å². The Balaban J connectivity index is 1.69. The Hall–Kier alpha value is -3.10. The summed E-state index contributed by atoms with van der Waals surface area (Å²) in [5, 5.41) is 10.7. The highest BCUT2D eigenvalue weighted by molar-refractivity contribution is 7.99. The van der Waals surface area contributed by atoms with Crippen molar-refractivity contribution in [2.75, 3.05) is 11.1 Å². The Kier molecular flexibility index (Phi) is 5.87. The predicted octanol–water partition coefficient (Wildman–Crippen LogP) is 4.06. The molecule has 2 heterocycles. The molecule has 4 aromatic rings. The number of amides is 1. The first-order valence-corrected chi connectivity index (χ1v) is 10.7. The second-order valence-electron chi connectivity index (χ2n) is 6.47. The molecule has 0 saturated heterocycles. The van der Waals surface area contributed by atoms with Crippen LogP contribution in [0.4, 0.5) is 5.69 Å². The van der Waals surface area contributed by atoms with Crippen LogP contribution in [0.2, 0.25) is 5.02 Å². The molecule has 7 nitrogen and oxygen atoms in total. The Morgan fingerprint density at radius 3 is 2.77 bits per heavy atom. The molecule has 0 aliphatic carbocycles. The zero-order valence-corrected chi connectivity index (χ0v) is 17.6. The number of nitrogens with zero attached hydrogens (tertiary/aromatic N) is 3. The minimum atomic E-state index is -0.248. The van der Waals surface area contributed by atoms with E-state index in [0.717, 1.165) is 17.7 Å². The van der Waals surface area contributed by atoms with Gasteiger partial charge in [0.25, 0.3) is 5.56 Å². The summed E-state index contributed by atoms with van der Waals surface area (Å²) in [6, 6.07) is 14.7. The van der Waals surface area contributed by atoms with Gasteiger partial charge in [-0.3, -0.25) is 19.3 Å². The fraction of sp³-hybridized carbons (Fsp3) is 0.143. The summed E-state index contributed by atoms with van der Waals surface area (Å²) in [5.41, 5.74) is 2.44. The van der Waals surface area contributed by atoms with Crippen LogP contribution in [-0.4, -0.2) is 31.4 Å². The van der Waals surface area contributed by atoms with Crippen LogP contribution in [0.15, 0.2) is 64.7 Å². The van der Waals surface area contributed by atoms with E-state index >= 15 is 0 Å². The predicted molar refractivity (Wildman–Crippen MR) is 120 cm³/mol. The number of rotatable bonds is 6. The third kappa shape index (κ3) is 3.96. The molecule has 2 aromatic carbocycles. The molecule has 0 bridgehead atoms. The molecule has 0 atom stereocenters. The number of aryl methyl sites for hydroxylation is 1. The summed E-state index contributed by atoms with van der Waals surface area (Å²) in [7, 11) is 0. The van der Waals surface area contributed by atoms with Gasteiger partial charge in [0, 0.05) is 0 Å². The highest BCUT2D eigenvalue weighted by Crippen LogP contribution is 2.24. The molecule has 2 aromatic heterocycles. The van der Waals surface area contributed by atoms with E-state index in [4.69, 9.17) is 11.6 Å². The van der Waals surface area contributed by atoms with Gasteiger partial charge in [0.2, 0.25) is 5.91 Å². The average Bonchev–Trinajstić information content (AvgIpc) is 3.23.